The second-order valence-electron chi connectivity index (χ2n) is 12.0. The molecule has 1 N–H and O–H groups in total. The number of ether oxygens (including phenoxy) is 4. The Balaban J connectivity index is 2.19. The van der Waals surface area contributed by atoms with Crippen molar-refractivity contribution in [2.45, 2.75) is 143 Å². The number of rotatable bonds is 27. The number of carbonyl (C=O) groups excluding carboxylic acids is 4. The van der Waals surface area contributed by atoms with Crippen LogP contribution >= 0.6 is 0 Å². The van der Waals surface area contributed by atoms with Gasteiger partial charge in [0.15, 0.2) is 6.20 Å². The molecule has 11 nitrogen and oxygen atoms in total. The highest BCUT2D eigenvalue weighted by Crippen LogP contribution is 2.14. The molecule has 0 bridgehead atoms. The van der Waals surface area contributed by atoms with Gasteiger partial charge in [0.2, 0.25) is 18.1 Å². The molecule has 1 rings (SSSR count). The normalized spacial score (nSPS) is 11.5. The summed E-state index contributed by atoms with van der Waals surface area (Å²) in [5.41, 5.74) is 0.542. The Morgan fingerprint density at radius 1 is 0.766 bits per heavy atom. The van der Waals surface area contributed by atoms with Gasteiger partial charge in [-0.2, -0.15) is 4.57 Å². The summed E-state index contributed by atoms with van der Waals surface area (Å²) in [7, 11) is 1.42. The van der Waals surface area contributed by atoms with E-state index in [1.54, 1.807) is 35.9 Å². The van der Waals surface area contributed by atoms with E-state index in [1.165, 1.54) is 104 Å². The largest absolute Gasteiger partial charge is 0.461 e. The average molecular weight is 665 g/mol. The predicted octanol–water partition coefficient (Wildman–Crippen LogP) is 7.03. The van der Waals surface area contributed by atoms with Crippen molar-refractivity contribution in [3.05, 3.63) is 30.1 Å². The number of aromatic nitrogens is 1. The summed E-state index contributed by atoms with van der Waals surface area (Å²) in [5.74, 6) is -0.959. The third-order valence-electron chi connectivity index (χ3n) is 7.99. The van der Waals surface area contributed by atoms with E-state index >= 15 is 0 Å². The van der Waals surface area contributed by atoms with Crippen LogP contribution in [0.5, 0.6) is 0 Å². The molecule has 0 aliphatic heterocycles. The number of unbranched alkanes of at least 4 members (excludes halogenated alkanes) is 15. The first-order valence-corrected chi connectivity index (χ1v) is 17.8. The maximum atomic E-state index is 12.8. The predicted molar refractivity (Wildman–Crippen MR) is 181 cm³/mol. The first-order chi connectivity index (χ1) is 22.8. The standard InChI is InChI=1S/C36H61N3O8/c1-5-7-8-9-10-11-12-13-14-15-16-17-18-19-20-22-25-37-35(42)46-29-33(44-4)30-47-36(43)39(31(3)40)27-32-24-21-23-26-38(32)28-34(41)45-6-2/h21,23-24,26,33H,5-20,22,25,27-30H2,1-4H3/p+1. The molecule has 1 aromatic heterocycles. The Morgan fingerprint density at radius 3 is 1.85 bits per heavy atom. The fraction of sp³-hybridized carbons (Fsp3) is 0.750. The number of methoxy groups -OCH3 is 1. The van der Waals surface area contributed by atoms with Crippen LogP contribution < -0.4 is 9.88 Å². The van der Waals surface area contributed by atoms with Crippen molar-refractivity contribution in [1.29, 1.82) is 0 Å². The lowest BCUT2D eigenvalue weighted by Crippen LogP contribution is -2.46. The van der Waals surface area contributed by atoms with Crippen LogP contribution in [0.25, 0.3) is 0 Å². The van der Waals surface area contributed by atoms with Crippen molar-refractivity contribution < 1.29 is 42.7 Å². The quantitative estimate of drug-likeness (QED) is 0.0460. The lowest BCUT2D eigenvalue weighted by molar-refractivity contribution is -0.694. The third-order valence-corrected chi connectivity index (χ3v) is 7.99. The third kappa shape index (κ3) is 21.3. The molecule has 0 fully saturated rings. The first kappa shape index (κ1) is 41.8. The van der Waals surface area contributed by atoms with Crippen LogP contribution in [-0.4, -0.2) is 68.5 Å². The van der Waals surface area contributed by atoms with Gasteiger partial charge in [-0.05, 0) is 13.3 Å². The zero-order valence-corrected chi connectivity index (χ0v) is 29.6. The molecule has 0 spiro atoms. The van der Waals surface area contributed by atoms with E-state index in [2.05, 4.69) is 12.2 Å². The van der Waals surface area contributed by atoms with Crippen LogP contribution in [0.1, 0.15) is 129 Å². The number of pyridine rings is 1. The second-order valence-corrected chi connectivity index (χ2v) is 12.0. The Kier molecular flexibility index (Phi) is 24.8. The van der Waals surface area contributed by atoms with Gasteiger partial charge in [0.05, 0.1) is 6.61 Å². The number of hydrogen-bond acceptors (Lipinski definition) is 8. The van der Waals surface area contributed by atoms with E-state index in [-0.39, 0.29) is 32.9 Å². The Morgan fingerprint density at radius 2 is 1.32 bits per heavy atom. The fourth-order valence-electron chi connectivity index (χ4n) is 5.13. The van der Waals surface area contributed by atoms with Gasteiger partial charge in [-0.3, -0.25) is 4.79 Å². The second kappa shape index (κ2) is 27.9. The van der Waals surface area contributed by atoms with Crippen molar-refractivity contribution in [3.8, 4) is 0 Å². The van der Waals surface area contributed by atoms with Gasteiger partial charge >= 0.3 is 18.2 Å². The Hall–Kier alpha value is -3.21. The first-order valence-electron chi connectivity index (χ1n) is 17.8. The minimum absolute atomic E-state index is 0.0601. The summed E-state index contributed by atoms with van der Waals surface area (Å²) in [4.78, 5) is 50.1. The Labute approximate surface area is 283 Å². The molecule has 0 aliphatic carbocycles. The topological polar surface area (TPSA) is 124 Å². The minimum Gasteiger partial charge on any atom is -0.461 e. The van der Waals surface area contributed by atoms with Crippen LogP contribution in [0, 0.1) is 0 Å². The maximum absolute atomic E-state index is 12.8. The number of amides is 3. The van der Waals surface area contributed by atoms with Crippen molar-refractivity contribution in [2.75, 3.05) is 33.5 Å². The molecular formula is C36H62N3O8+. The van der Waals surface area contributed by atoms with E-state index in [9.17, 15) is 19.2 Å². The van der Waals surface area contributed by atoms with E-state index < -0.39 is 30.2 Å². The summed E-state index contributed by atoms with van der Waals surface area (Å²) >= 11 is 0. The van der Waals surface area contributed by atoms with E-state index in [0.29, 0.717) is 12.2 Å². The van der Waals surface area contributed by atoms with Crippen LogP contribution in [0.15, 0.2) is 24.4 Å². The van der Waals surface area contributed by atoms with E-state index in [0.717, 1.165) is 17.7 Å². The number of hydrogen-bond donors (Lipinski definition) is 1. The highest BCUT2D eigenvalue weighted by Gasteiger charge is 2.26. The number of imide groups is 1. The molecule has 1 heterocycles. The van der Waals surface area contributed by atoms with Gasteiger partial charge in [0.1, 0.15) is 25.9 Å². The molecule has 11 heteroatoms. The monoisotopic (exact) mass is 664 g/mol. The molecule has 268 valence electrons. The highest BCUT2D eigenvalue weighted by molar-refractivity contribution is 5.90. The van der Waals surface area contributed by atoms with Crippen LogP contribution in [-0.2, 0) is 41.6 Å². The molecule has 0 radical (unpaired) electrons. The lowest BCUT2D eigenvalue weighted by Gasteiger charge is -2.20. The highest BCUT2D eigenvalue weighted by atomic mass is 16.6. The van der Waals surface area contributed by atoms with Gasteiger partial charge in [-0.25, -0.2) is 19.3 Å². The van der Waals surface area contributed by atoms with Gasteiger partial charge in [0.25, 0.3) is 0 Å². The minimum atomic E-state index is -0.876. The summed E-state index contributed by atoms with van der Waals surface area (Å²) < 4.78 is 22.4. The van der Waals surface area contributed by atoms with E-state index in [1.807, 2.05) is 0 Å². The number of carbonyl (C=O) groups is 4. The summed E-state index contributed by atoms with van der Waals surface area (Å²) in [6, 6.07) is 5.18. The molecule has 0 aliphatic rings. The smallest absolute Gasteiger partial charge is 0.417 e. The van der Waals surface area contributed by atoms with Crippen LogP contribution in [0.2, 0.25) is 0 Å². The van der Waals surface area contributed by atoms with Crippen molar-refractivity contribution in [2.24, 2.45) is 0 Å². The molecule has 0 aromatic carbocycles. The summed E-state index contributed by atoms with van der Waals surface area (Å²) in [6.07, 6.45) is 20.2. The van der Waals surface area contributed by atoms with Gasteiger partial charge < -0.3 is 24.3 Å². The molecule has 1 unspecified atom stereocenters. The van der Waals surface area contributed by atoms with Gasteiger partial charge in [-0.15, -0.1) is 0 Å². The summed E-state index contributed by atoms with van der Waals surface area (Å²) in [5, 5.41) is 2.75. The van der Waals surface area contributed by atoms with Crippen molar-refractivity contribution in [3.63, 3.8) is 0 Å². The van der Waals surface area contributed by atoms with E-state index in [4.69, 9.17) is 18.9 Å². The zero-order chi connectivity index (χ0) is 34.5. The van der Waals surface area contributed by atoms with Crippen LogP contribution in [0.3, 0.4) is 0 Å². The lowest BCUT2D eigenvalue weighted by atomic mass is 10.0. The number of alkyl carbamates (subject to hydrolysis) is 1. The van der Waals surface area contributed by atoms with Gasteiger partial charge in [-0.1, -0.05) is 109 Å². The summed E-state index contributed by atoms with van der Waals surface area (Å²) in [6.45, 7) is 5.51. The molecular weight excluding hydrogens is 602 g/mol. The zero-order valence-electron chi connectivity index (χ0n) is 29.6. The number of esters is 1. The van der Waals surface area contributed by atoms with Crippen LogP contribution in [0.4, 0.5) is 9.59 Å². The molecule has 0 saturated carbocycles. The number of nitrogens with one attached hydrogen (secondary N) is 1. The van der Waals surface area contributed by atoms with Gasteiger partial charge in [0, 0.05) is 32.7 Å². The Bertz CT molecular complexity index is 1010. The fourth-order valence-corrected chi connectivity index (χ4v) is 5.13. The molecule has 3 amide bonds. The van der Waals surface area contributed by atoms with Crippen molar-refractivity contribution >= 4 is 24.1 Å². The maximum Gasteiger partial charge on any atom is 0.417 e. The molecule has 47 heavy (non-hydrogen) atoms. The van der Waals surface area contributed by atoms with Crippen molar-refractivity contribution in [1.82, 2.24) is 10.2 Å². The SMILES string of the molecule is CCCCCCCCCCCCCCCCCCNC(=O)OCC(COC(=O)N(Cc1cccc[n+]1CC(=O)OCC)C(C)=O)OC. The average Bonchev–Trinajstić information content (AvgIpc) is 3.05. The molecule has 0 saturated heterocycles. The molecule has 1 atom stereocenters. The molecule has 1 aromatic rings. The number of nitrogens with zero attached hydrogens (tertiary/aromatic N) is 2.